The van der Waals surface area contributed by atoms with Crippen LogP contribution in [0.15, 0.2) is 158 Å². The molecule has 5 aromatic carbocycles. The highest BCUT2D eigenvalue weighted by atomic mass is 16.6. The topological polar surface area (TPSA) is 376 Å². The van der Waals surface area contributed by atoms with E-state index in [2.05, 4.69) is 96.2 Å². The van der Waals surface area contributed by atoms with Gasteiger partial charge in [0.05, 0.1) is 5.71 Å². The Kier molecular flexibility index (Phi) is 44.8. The molecule has 1 aliphatic rings. The molecule has 514 valence electrons. The van der Waals surface area contributed by atoms with Gasteiger partial charge in [0.15, 0.2) is 0 Å². The zero-order chi connectivity index (χ0) is 70.8. The number of rotatable bonds is 27. The molecular weight excluding hydrogens is 1200 g/mol. The number of carbonyl (C=O) groups is 7. The van der Waals surface area contributed by atoms with Crippen molar-refractivity contribution in [2.75, 3.05) is 88.5 Å². The standard InChI is InChI=1S/C26H34N4O7.C20H27N3O2.C12H20N2.C7H7N.2C2H4O2.CH3O/c1-3-15-30(16-4-2)21-11-9-20(10-12-21)28-26(36)37-17-18-5-7-19(8-6-18)27-25(35)29-22(24(33)34)13-14-23(31)32;1-3-13-23(14-4-2)19-11-9-18(10-12-19)22-20(24)25-15-16-5-7-17(21)8-6-16;1-3-9-14(10-4-2)12-7-5-11(13)6-8-12;1-6-2-4-7(8)5-3-6;2*1-2(3)4;1-2/h5-12,22H,3-4,13-17H2,1-2H3,(H,28,36)(H,31,32)(H,33,34)(H2,27,29,35);5-12H,3-4,13-15,21H2,1-2H3,(H,22,24);5-8H,3-4,9-10,13H2,1-2H3;2-5,8H,1H2;2*1H3,(H,3,4);1H3/q;;;;;;-1/t22-;;;;;;/m0....../s1. The van der Waals surface area contributed by atoms with E-state index in [-0.39, 0.29) is 26.1 Å². The number of carbonyl (C=O) groups excluding carboxylic acids is 3. The van der Waals surface area contributed by atoms with Crippen molar-refractivity contribution in [2.45, 2.75) is 126 Å². The summed E-state index contributed by atoms with van der Waals surface area (Å²) < 4.78 is 10.5. The maximum atomic E-state index is 12.2. The number of benzene rings is 5. The molecule has 24 nitrogen and oxygen atoms in total. The van der Waals surface area contributed by atoms with Crippen LogP contribution in [0.5, 0.6) is 0 Å². The summed E-state index contributed by atoms with van der Waals surface area (Å²) in [5.74, 6) is -4.15. The van der Waals surface area contributed by atoms with Gasteiger partial charge in [0.1, 0.15) is 19.3 Å². The molecule has 0 radical (unpaired) electrons. The minimum absolute atomic E-state index is 0.00739. The normalized spacial score (nSPS) is 10.7. The van der Waals surface area contributed by atoms with Gasteiger partial charge in [0, 0.05) is 105 Å². The zero-order valence-corrected chi connectivity index (χ0v) is 55.8. The summed E-state index contributed by atoms with van der Waals surface area (Å²) in [6.45, 7) is 25.4. The number of nitrogens with one attached hydrogen (secondary N) is 5. The predicted molar refractivity (Wildman–Crippen MR) is 375 cm³/mol. The molecule has 0 fully saturated rings. The first-order valence-corrected chi connectivity index (χ1v) is 30.9. The molecule has 0 spiro atoms. The van der Waals surface area contributed by atoms with Gasteiger partial charge >= 0.3 is 30.2 Å². The van der Waals surface area contributed by atoms with Crippen LogP contribution in [-0.4, -0.2) is 121 Å². The van der Waals surface area contributed by atoms with E-state index in [4.69, 9.17) is 61.5 Å². The Hall–Kier alpha value is -10.4. The van der Waals surface area contributed by atoms with Crippen LogP contribution in [0.2, 0.25) is 0 Å². The highest BCUT2D eigenvalue weighted by Crippen LogP contribution is 2.22. The van der Waals surface area contributed by atoms with Gasteiger partial charge in [-0.05, 0) is 171 Å². The van der Waals surface area contributed by atoms with Gasteiger partial charge in [-0.15, -0.1) is 0 Å². The van der Waals surface area contributed by atoms with Crippen molar-refractivity contribution in [3.05, 3.63) is 169 Å². The van der Waals surface area contributed by atoms with Crippen molar-refractivity contribution in [3.63, 3.8) is 0 Å². The number of aliphatic carboxylic acids is 4. The van der Waals surface area contributed by atoms with Crippen LogP contribution in [-0.2, 0) is 41.9 Å². The molecule has 0 aromatic heterocycles. The van der Waals surface area contributed by atoms with Crippen molar-refractivity contribution in [1.82, 2.24) is 5.32 Å². The second-order valence-corrected chi connectivity index (χ2v) is 20.6. The third-order valence-corrected chi connectivity index (χ3v) is 12.3. The zero-order valence-electron chi connectivity index (χ0n) is 55.8. The summed E-state index contributed by atoms with van der Waals surface area (Å²) >= 11 is 0. The lowest BCUT2D eigenvalue weighted by molar-refractivity contribution is -0.325. The Morgan fingerprint density at radius 3 is 1.07 bits per heavy atom. The minimum atomic E-state index is -1.33. The van der Waals surface area contributed by atoms with E-state index in [9.17, 15) is 24.0 Å². The summed E-state index contributed by atoms with van der Waals surface area (Å²) in [7, 11) is 0.750. The van der Waals surface area contributed by atoms with Crippen molar-refractivity contribution in [2.24, 2.45) is 0 Å². The van der Waals surface area contributed by atoms with Gasteiger partial charge in [0.25, 0.3) is 11.9 Å². The van der Waals surface area contributed by atoms with Gasteiger partial charge in [-0.2, -0.15) is 7.11 Å². The molecule has 0 saturated carbocycles. The van der Waals surface area contributed by atoms with Gasteiger partial charge in [-0.1, -0.05) is 84.5 Å². The Morgan fingerprint density at radius 1 is 0.489 bits per heavy atom. The van der Waals surface area contributed by atoms with E-state index in [1.54, 1.807) is 48.6 Å². The van der Waals surface area contributed by atoms with E-state index >= 15 is 0 Å². The van der Waals surface area contributed by atoms with Gasteiger partial charge in [0.2, 0.25) is 0 Å². The van der Waals surface area contributed by atoms with Crippen molar-refractivity contribution in [1.29, 1.82) is 5.41 Å². The Morgan fingerprint density at radius 2 is 0.777 bits per heavy atom. The summed E-state index contributed by atoms with van der Waals surface area (Å²) in [5, 5.41) is 58.1. The number of nitrogen functional groups attached to an aromatic ring is 2. The monoisotopic (exact) mass is 1300 g/mol. The van der Waals surface area contributed by atoms with Crippen LogP contribution in [0.4, 0.5) is 59.9 Å². The molecule has 0 heterocycles. The number of hydrogen-bond acceptors (Lipinski definition) is 16. The van der Waals surface area contributed by atoms with Gasteiger partial charge in [-0.3, -0.25) is 25.0 Å². The molecule has 0 unspecified atom stereocenters. The van der Waals surface area contributed by atoms with Crippen molar-refractivity contribution >= 4 is 93.3 Å². The van der Waals surface area contributed by atoms with Crippen LogP contribution in [0.25, 0.3) is 0 Å². The minimum Gasteiger partial charge on any atom is -0.857 e. The SMILES string of the molecule is C=C1C=CC(=N)C=C1.CC(=O)O.CC(=O)O.CCCN(CCC)c1ccc(N)cc1.CCCN(CCC)c1ccc(NC(=O)OCc2ccc(N)cc2)cc1.CCCN(CCC)c1ccc(NC(=O)OCc2ccc(NC(=O)N[C@@H](CCC(=O)O)C(=O)O)cc2)cc1.C[O-]. The fourth-order valence-electron chi connectivity index (χ4n) is 8.18. The first-order valence-electron chi connectivity index (χ1n) is 30.9. The largest absolute Gasteiger partial charge is 0.857 e. The lowest BCUT2D eigenvalue weighted by Crippen LogP contribution is -2.43. The van der Waals surface area contributed by atoms with Crippen molar-refractivity contribution < 1.29 is 68.6 Å². The predicted octanol–water partition coefficient (Wildman–Crippen LogP) is 12.9. The number of hydrogen-bond donors (Lipinski definition) is 11. The lowest BCUT2D eigenvalue weighted by Gasteiger charge is -2.24. The summed E-state index contributed by atoms with van der Waals surface area (Å²) in [6.07, 6.45) is 12.1. The van der Waals surface area contributed by atoms with E-state index in [0.717, 1.165) is 114 Å². The molecule has 6 rings (SSSR count). The summed E-state index contributed by atoms with van der Waals surface area (Å²) in [4.78, 5) is 83.0. The first kappa shape index (κ1) is 83.6. The average molecular weight is 1300 g/mol. The number of nitrogens with two attached hydrogens (primary N) is 2. The summed E-state index contributed by atoms with van der Waals surface area (Å²) in [6, 6.07) is 35.2. The number of allylic oxidation sites excluding steroid dienone is 5. The maximum Gasteiger partial charge on any atom is 0.411 e. The molecular formula is C70H99N10O14-. The fraction of sp³-hybridized carbons (Fsp3) is 0.371. The molecule has 1 aliphatic carbocycles. The third kappa shape index (κ3) is 40.4. The molecule has 0 aliphatic heterocycles. The second kappa shape index (κ2) is 50.3. The molecule has 4 amide bonds. The quantitative estimate of drug-likeness (QED) is 0.0218. The van der Waals surface area contributed by atoms with Gasteiger partial charge in [-0.25, -0.2) is 19.2 Å². The molecule has 94 heavy (non-hydrogen) atoms. The fourth-order valence-corrected chi connectivity index (χ4v) is 8.18. The smallest absolute Gasteiger partial charge is 0.411 e. The van der Waals surface area contributed by atoms with E-state index in [1.807, 2.05) is 84.9 Å². The Balaban J connectivity index is 0.00000129. The number of amides is 4. The van der Waals surface area contributed by atoms with Crippen LogP contribution in [0.3, 0.4) is 0 Å². The average Bonchev–Trinajstić information content (AvgIpc) is 1.19. The molecule has 13 N–H and O–H groups in total. The van der Waals surface area contributed by atoms with Crippen LogP contribution in [0, 0.1) is 5.41 Å². The van der Waals surface area contributed by atoms with E-state index in [1.165, 1.54) is 24.2 Å². The first-order chi connectivity index (χ1) is 44.9. The van der Waals surface area contributed by atoms with Crippen LogP contribution in [0.1, 0.15) is 118 Å². The number of anilines is 8. The number of nitrogens with zero attached hydrogens (tertiary/aromatic N) is 3. The van der Waals surface area contributed by atoms with Crippen LogP contribution >= 0.6 is 0 Å². The van der Waals surface area contributed by atoms with Crippen molar-refractivity contribution in [3.8, 4) is 0 Å². The maximum absolute atomic E-state index is 12.2. The number of ether oxygens (including phenoxy) is 2. The lowest BCUT2D eigenvalue weighted by atomic mass is 10.1. The highest BCUT2D eigenvalue weighted by molar-refractivity contribution is 6.03. The Labute approximate surface area is 553 Å². The highest BCUT2D eigenvalue weighted by Gasteiger charge is 2.21. The van der Waals surface area contributed by atoms with Gasteiger partial charge < -0.3 is 77.2 Å². The molecule has 24 heteroatoms. The number of carboxylic acid groups (broad SMARTS) is 4. The van der Waals surface area contributed by atoms with E-state index in [0.29, 0.717) is 28.3 Å². The third-order valence-electron chi connectivity index (χ3n) is 12.3. The molecule has 5 aromatic rings. The number of urea groups is 1. The van der Waals surface area contributed by atoms with Crippen LogP contribution < -0.4 is 52.5 Å². The summed E-state index contributed by atoms with van der Waals surface area (Å²) in [5.41, 5.74) is 21.2. The molecule has 0 saturated heterocycles. The molecule has 1 atom stereocenters. The molecule has 0 bridgehead atoms. The second-order valence-electron chi connectivity index (χ2n) is 20.6. The Bertz CT molecular complexity index is 2990. The van der Waals surface area contributed by atoms with E-state index < -0.39 is 48.1 Å². The number of carboxylic acids is 4.